The first kappa shape index (κ1) is 20.2. The molecule has 1 aromatic carbocycles. The number of likely N-dealkylation sites (tertiary alicyclic amines) is 2. The van der Waals surface area contributed by atoms with Crippen molar-refractivity contribution in [3.8, 4) is 0 Å². The van der Waals surface area contributed by atoms with Gasteiger partial charge in [-0.1, -0.05) is 37.3 Å². The summed E-state index contributed by atoms with van der Waals surface area (Å²) < 4.78 is 5.95. The number of benzene rings is 1. The number of nitrogens with zero attached hydrogens (tertiary/aromatic N) is 3. The van der Waals surface area contributed by atoms with Crippen molar-refractivity contribution < 1.29 is 4.74 Å². The van der Waals surface area contributed by atoms with Gasteiger partial charge in [-0.25, -0.2) is 0 Å². The van der Waals surface area contributed by atoms with E-state index >= 15 is 0 Å². The minimum atomic E-state index is 0.595. The lowest BCUT2D eigenvalue weighted by atomic mass is 9.98. The smallest absolute Gasteiger partial charge is 0.193 e. The lowest BCUT2D eigenvalue weighted by molar-refractivity contribution is 0.0906. The van der Waals surface area contributed by atoms with Gasteiger partial charge in [-0.15, -0.1) is 0 Å². The van der Waals surface area contributed by atoms with Crippen LogP contribution in [0.1, 0.15) is 31.7 Å². The van der Waals surface area contributed by atoms with E-state index in [1.165, 1.54) is 44.5 Å². The number of hydrogen-bond acceptors (Lipinski definition) is 3. The molecule has 27 heavy (non-hydrogen) atoms. The fraction of sp³-hybridized carbons (Fsp3) is 0.682. The highest BCUT2D eigenvalue weighted by Crippen LogP contribution is 2.18. The molecular weight excluding hydrogens is 336 g/mol. The Morgan fingerprint density at radius 3 is 2.78 bits per heavy atom. The van der Waals surface area contributed by atoms with E-state index in [0.29, 0.717) is 12.5 Å². The second-order valence-corrected chi connectivity index (χ2v) is 7.93. The van der Waals surface area contributed by atoms with Crippen LogP contribution in [0.4, 0.5) is 0 Å². The fourth-order valence-corrected chi connectivity index (χ4v) is 4.25. The maximum Gasteiger partial charge on any atom is 0.193 e. The van der Waals surface area contributed by atoms with Crippen LogP contribution in [-0.4, -0.2) is 68.7 Å². The number of hydrogen-bond donors (Lipinski definition) is 1. The summed E-state index contributed by atoms with van der Waals surface area (Å²) in [7, 11) is 1.90. The van der Waals surface area contributed by atoms with E-state index in [0.717, 1.165) is 38.1 Å². The van der Waals surface area contributed by atoms with Crippen LogP contribution in [0.5, 0.6) is 0 Å². The Labute approximate surface area is 164 Å². The molecule has 2 aliphatic heterocycles. The largest absolute Gasteiger partial charge is 0.376 e. The third-order valence-corrected chi connectivity index (χ3v) is 5.86. The summed E-state index contributed by atoms with van der Waals surface area (Å²) in [4.78, 5) is 9.50. The highest BCUT2D eigenvalue weighted by Gasteiger charge is 2.26. The van der Waals surface area contributed by atoms with Crippen molar-refractivity contribution >= 4 is 5.96 Å². The first-order chi connectivity index (χ1) is 13.3. The summed E-state index contributed by atoms with van der Waals surface area (Å²) in [6.07, 6.45) is 3.84. The summed E-state index contributed by atoms with van der Waals surface area (Å²) in [5.41, 5.74) is 1.25. The van der Waals surface area contributed by atoms with E-state index in [1.54, 1.807) is 0 Å². The molecule has 2 unspecified atom stereocenters. The van der Waals surface area contributed by atoms with Crippen LogP contribution < -0.4 is 5.32 Å². The molecule has 150 valence electrons. The number of rotatable bonds is 7. The topological polar surface area (TPSA) is 40.1 Å². The van der Waals surface area contributed by atoms with Gasteiger partial charge >= 0.3 is 0 Å². The van der Waals surface area contributed by atoms with Crippen molar-refractivity contribution in [2.24, 2.45) is 16.8 Å². The maximum absolute atomic E-state index is 5.95. The van der Waals surface area contributed by atoms with E-state index < -0.39 is 0 Å². The first-order valence-corrected chi connectivity index (χ1v) is 10.6. The van der Waals surface area contributed by atoms with Crippen LogP contribution in [0, 0.1) is 11.8 Å². The van der Waals surface area contributed by atoms with Crippen LogP contribution in [0.25, 0.3) is 0 Å². The molecule has 0 radical (unpaired) electrons. The molecule has 0 amide bonds. The summed E-state index contributed by atoms with van der Waals surface area (Å²) in [6.45, 7) is 10.6. The van der Waals surface area contributed by atoms with Crippen LogP contribution in [0.3, 0.4) is 0 Å². The van der Waals surface area contributed by atoms with E-state index in [1.807, 2.05) is 13.1 Å². The van der Waals surface area contributed by atoms with Gasteiger partial charge in [-0.2, -0.15) is 0 Å². The Bertz CT molecular complexity index is 577. The van der Waals surface area contributed by atoms with Gasteiger partial charge in [0.1, 0.15) is 0 Å². The maximum atomic E-state index is 5.95. The fourth-order valence-electron chi connectivity index (χ4n) is 4.25. The quantitative estimate of drug-likeness (QED) is 0.590. The molecule has 0 saturated carbocycles. The van der Waals surface area contributed by atoms with Crippen LogP contribution in [0.15, 0.2) is 35.3 Å². The highest BCUT2D eigenvalue weighted by molar-refractivity contribution is 5.80. The monoisotopic (exact) mass is 372 g/mol. The number of nitrogens with one attached hydrogen (secondary N) is 1. The first-order valence-electron chi connectivity index (χ1n) is 10.6. The summed E-state index contributed by atoms with van der Waals surface area (Å²) in [5.74, 6) is 2.40. The second-order valence-electron chi connectivity index (χ2n) is 7.93. The predicted octanol–water partition coefficient (Wildman–Crippen LogP) is 2.83. The van der Waals surface area contributed by atoms with Gasteiger partial charge in [-0.3, -0.25) is 4.99 Å². The van der Waals surface area contributed by atoms with E-state index in [-0.39, 0.29) is 0 Å². The molecule has 1 N–H and O–H groups in total. The Morgan fingerprint density at radius 1 is 1.15 bits per heavy atom. The molecule has 2 aliphatic rings. The molecule has 5 heteroatoms. The molecule has 2 saturated heterocycles. The third-order valence-electron chi connectivity index (χ3n) is 5.86. The number of guanidine groups is 1. The number of ether oxygens (including phenoxy) is 1. The SMILES string of the molecule is CCN1CCCC(CNC(=NC)N2CCC(COCc3ccccc3)C2)C1. The zero-order valence-electron chi connectivity index (χ0n) is 17.1. The molecule has 5 nitrogen and oxygen atoms in total. The lowest BCUT2D eigenvalue weighted by Crippen LogP contribution is -2.45. The van der Waals surface area contributed by atoms with Crippen molar-refractivity contribution in [1.82, 2.24) is 15.1 Å². The summed E-state index contributed by atoms with van der Waals surface area (Å²) in [5, 5.41) is 3.64. The molecule has 0 aromatic heterocycles. The van der Waals surface area contributed by atoms with E-state index in [2.05, 4.69) is 51.3 Å². The van der Waals surface area contributed by atoms with Gasteiger partial charge in [0.15, 0.2) is 5.96 Å². The van der Waals surface area contributed by atoms with Gasteiger partial charge in [0.05, 0.1) is 13.2 Å². The van der Waals surface area contributed by atoms with Gasteiger partial charge in [0.2, 0.25) is 0 Å². The molecule has 2 atom stereocenters. The predicted molar refractivity (Wildman–Crippen MR) is 112 cm³/mol. The van der Waals surface area contributed by atoms with Crippen molar-refractivity contribution in [3.63, 3.8) is 0 Å². The molecular formula is C22H36N4O. The van der Waals surface area contributed by atoms with E-state index in [4.69, 9.17) is 4.74 Å². The van der Waals surface area contributed by atoms with Gasteiger partial charge in [0, 0.05) is 39.1 Å². The molecule has 2 heterocycles. The van der Waals surface area contributed by atoms with Gasteiger partial charge in [0.25, 0.3) is 0 Å². The normalized spacial score (nSPS) is 24.4. The Morgan fingerprint density at radius 2 is 2.00 bits per heavy atom. The molecule has 1 aromatic rings. The Kier molecular flexibility index (Phi) is 7.96. The molecule has 0 bridgehead atoms. The third kappa shape index (κ3) is 6.22. The summed E-state index contributed by atoms with van der Waals surface area (Å²) in [6, 6.07) is 10.4. The minimum Gasteiger partial charge on any atom is -0.376 e. The second kappa shape index (κ2) is 10.7. The van der Waals surface area contributed by atoms with Crippen molar-refractivity contribution in [3.05, 3.63) is 35.9 Å². The molecule has 0 spiro atoms. The molecule has 3 rings (SSSR count). The minimum absolute atomic E-state index is 0.595. The van der Waals surface area contributed by atoms with Crippen molar-refractivity contribution in [2.75, 3.05) is 52.9 Å². The van der Waals surface area contributed by atoms with Crippen LogP contribution in [0.2, 0.25) is 0 Å². The highest BCUT2D eigenvalue weighted by atomic mass is 16.5. The Balaban J connectivity index is 1.37. The summed E-state index contributed by atoms with van der Waals surface area (Å²) >= 11 is 0. The zero-order chi connectivity index (χ0) is 18.9. The average molecular weight is 373 g/mol. The lowest BCUT2D eigenvalue weighted by Gasteiger charge is -2.33. The number of piperidine rings is 1. The van der Waals surface area contributed by atoms with E-state index in [9.17, 15) is 0 Å². The Hall–Kier alpha value is -1.59. The number of aliphatic imine (C=N–C) groups is 1. The van der Waals surface area contributed by atoms with Crippen LogP contribution in [-0.2, 0) is 11.3 Å². The standard InChI is InChI=1S/C22H36N4O/c1-3-25-12-7-10-20(15-25)14-24-22(23-2)26-13-11-21(16-26)18-27-17-19-8-5-4-6-9-19/h4-6,8-9,20-21H,3,7,10-18H2,1-2H3,(H,23,24). The van der Waals surface area contributed by atoms with Crippen molar-refractivity contribution in [1.29, 1.82) is 0 Å². The van der Waals surface area contributed by atoms with Gasteiger partial charge < -0.3 is 19.9 Å². The van der Waals surface area contributed by atoms with Crippen LogP contribution >= 0.6 is 0 Å². The molecule has 2 fully saturated rings. The zero-order valence-corrected chi connectivity index (χ0v) is 17.1. The average Bonchev–Trinajstić information content (AvgIpc) is 3.18. The van der Waals surface area contributed by atoms with Crippen molar-refractivity contribution in [2.45, 2.75) is 32.8 Å². The van der Waals surface area contributed by atoms with Gasteiger partial charge in [-0.05, 0) is 43.8 Å². The molecule has 0 aliphatic carbocycles.